The summed E-state index contributed by atoms with van der Waals surface area (Å²) >= 11 is 0. The molecule has 25 rings (SSSR count). The lowest BCUT2D eigenvalue weighted by atomic mass is 9.92. The number of hydrogen-bond donors (Lipinski definition) is 0. The highest BCUT2D eigenvalue weighted by atomic mass is 15.0. The molecule has 8 aromatic heterocycles. The van der Waals surface area contributed by atoms with Crippen molar-refractivity contribution >= 4 is 109 Å². The molecule has 8 heterocycles. The number of rotatable bonds is 12. The van der Waals surface area contributed by atoms with E-state index in [1.54, 1.807) is 0 Å². The van der Waals surface area contributed by atoms with Crippen molar-refractivity contribution in [3.63, 3.8) is 0 Å². The van der Waals surface area contributed by atoms with Crippen LogP contribution in [-0.2, 0) is 0 Å². The topological polar surface area (TPSA) is 129 Å². The second-order valence-corrected chi connectivity index (χ2v) is 32.4. The van der Waals surface area contributed by atoms with Crippen LogP contribution < -0.4 is 0 Å². The maximum atomic E-state index is 5.18. The summed E-state index contributed by atoms with van der Waals surface area (Å²) in [7, 11) is 0. The zero-order valence-electron chi connectivity index (χ0n) is 70.4. The van der Waals surface area contributed by atoms with E-state index in [-0.39, 0.29) is 0 Å². The Morgan fingerprint density at radius 2 is 0.415 bits per heavy atom. The molecule has 0 fully saturated rings. The van der Waals surface area contributed by atoms with Crippen LogP contribution >= 0.6 is 0 Å². The number of pyridine rings is 7. The quantitative estimate of drug-likeness (QED) is 0.109. The summed E-state index contributed by atoms with van der Waals surface area (Å²) in [5.74, 6) is 1.93. The number of hydrogen-bond acceptors (Lipinski definition) is 10. The maximum absolute atomic E-state index is 5.18. The summed E-state index contributed by atoms with van der Waals surface area (Å²) < 4.78 is 0. The minimum Gasteiger partial charge on any atom is -0.254 e. The Labute approximate surface area is 749 Å². The second-order valence-electron chi connectivity index (χ2n) is 32.4. The van der Waals surface area contributed by atoms with Crippen LogP contribution in [0.3, 0.4) is 0 Å². The fraction of sp³-hybridized carbons (Fsp3) is 0. The van der Waals surface area contributed by atoms with Crippen molar-refractivity contribution in [3.05, 3.63) is 461 Å². The van der Waals surface area contributed by atoms with Crippen LogP contribution in [0.5, 0.6) is 0 Å². The van der Waals surface area contributed by atoms with Gasteiger partial charge in [0.25, 0.3) is 0 Å². The van der Waals surface area contributed by atoms with E-state index in [1.807, 2.05) is 109 Å². The monoisotopic (exact) mass is 1660 g/mol. The van der Waals surface area contributed by atoms with Crippen molar-refractivity contribution in [1.29, 1.82) is 0 Å². The van der Waals surface area contributed by atoms with Gasteiger partial charge in [0.1, 0.15) is 0 Å². The van der Waals surface area contributed by atoms with Crippen molar-refractivity contribution in [2.75, 3.05) is 0 Å². The Morgan fingerprint density at radius 1 is 0.146 bits per heavy atom. The Morgan fingerprint density at radius 3 is 0.800 bits per heavy atom. The summed E-state index contributed by atoms with van der Waals surface area (Å²) in [6.45, 7) is 0. The number of benzene rings is 17. The molecule has 0 saturated heterocycles. The van der Waals surface area contributed by atoms with E-state index >= 15 is 0 Å². The zero-order chi connectivity index (χ0) is 86.2. The summed E-state index contributed by atoms with van der Waals surface area (Å²) in [5, 5.41) is 14.8. The molecule has 0 aliphatic heterocycles. The van der Waals surface area contributed by atoms with Crippen molar-refractivity contribution in [2.24, 2.45) is 0 Å². The van der Waals surface area contributed by atoms with Crippen LogP contribution in [0.4, 0.5) is 0 Å². The van der Waals surface area contributed by atoms with Gasteiger partial charge in [-0.1, -0.05) is 406 Å². The van der Waals surface area contributed by atoms with E-state index < -0.39 is 0 Å². The van der Waals surface area contributed by atoms with Gasteiger partial charge in [-0.25, -0.2) is 44.9 Å². The van der Waals surface area contributed by atoms with Crippen molar-refractivity contribution < 1.29 is 0 Å². The molecule has 0 spiro atoms. The van der Waals surface area contributed by atoms with E-state index in [0.29, 0.717) is 17.5 Å². The van der Waals surface area contributed by atoms with Gasteiger partial charge in [0.05, 0.1) is 72.8 Å². The van der Waals surface area contributed by atoms with Gasteiger partial charge in [0.2, 0.25) is 0 Å². The van der Waals surface area contributed by atoms with E-state index in [1.165, 1.54) is 27.3 Å². The first kappa shape index (κ1) is 77.2. The third-order valence-electron chi connectivity index (χ3n) is 24.5. The number of nitrogens with zero attached hydrogens (tertiary/aromatic N) is 10. The smallest absolute Gasteiger partial charge is 0.164 e. The fourth-order valence-corrected chi connectivity index (χ4v) is 18.2. The average molecular weight is 1660 g/mol. The first-order chi connectivity index (χ1) is 64.4. The molecule has 0 aliphatic carbocycles. The molecule has 130 heavy (non-hydrogen) atoms. The van der Waals surface area contributed by atoms with Gasteiger partial charge in [-0.15, -0.1) is 0 Å². The SMILES string of the molecule is c1ccc(-c2ccc3ccc4ccc(-c5ccc(-c6cccc7c(-c8ccccc8)nc8ccccc8c67)cc5)nc4c3n2)cc1.c1ccc(-c2nc(-c3ccccc3)nc(-c3cccc(-c4cccc5c(-c6ccccc6)nc6ccccc6c45)c3)n2)cc1.c1ccc(-c2nc3ccccc3c3c(-c4ccc(-c5ccc6ccc7cccnc7c6n5)cc4)cccc23)cc1. The first-order valence-corrected chi connectivity index (χ1v) is 43.7. The summed E-state index contributed by atoms with van der Waals surface area (Å²) in [6, 6.07) is 158. The highest BCUT2D eigenvalue weighted by molar-refractivity contribution is 6.20. The van der Waals surface area contributed by atoms with Crippen LogP contribution in [0, 0.1) is 0 Å². The minimum absolute atomic E-state index is 0.635. The molecule has 0 radical (unpaired) electrons. The van der Waals surface area contributed by atoms with E-state index in [4.69, 9.17) is 44.9 Å². The largest absolute Gasteiger partial charge is 0.254 e. The lowest BCUT2D eigenvalue weighted by molar-refractivity contribution is 1.07. The molecular weight excluding hydrogens is 1580 g/mol. The maximum Gasteiger partial charge on any atom is 0.164 e. The van der Waals surface area contributed by atoms with Gasteiger partial charge in [-0.05, 0) is 81.9 Å². The summed E-state index contributed by atoms with van der Waals surface area (Å²) in [6.07, 6.45) is 1.83. The second kappa shape index (κ2) is 33.8. The van der Waals surface area contributed by atoms with E-state index in [9.17, 15) is 0 Å². The fourth-order valence-electron chi connectivity index (χ4n) is 18.2. The third kappa shape index (κ3) is 14.7. The third-order valence-corrected chi connectivity index (χ3v) is 24.5. The predicted molar refractivity (Wildman–Crippen MR) is 538 cm³/mol. The first-order valence-electron chi connectivity index (χ1n) is 43.7. The molecule has 0 saturated carbocycles. The predicted octanol–water partition coefficient (Wildman–Crippen LogP) is 30.5. The molecule has 0 atom stereocenters. The summed E-state index contributed by atoms with van der Waals surface area (Å²) in [4.78, 5) is 50.0. The van der Waals surface area contributed by atoms with Crippen molar-refractivity contribution in [2.45, 2.75) is 0 Å². The Bertz CT molecular complexity index is 8570. The molecule has 606 valence electrons. The van der Waals surface area contributed by atoms with Crippen molar-refractivity contribution in [3.8, 4) is 135 Å². The van der Waals surface area contributed by atoms with Crippen LogP contribution in [0.25, 0.3) is 244 Å². The number of aromatic nitrogens is 10. The molecule has 0 amide bonds. The Balaban J connectivity index is 0.000000111. The van der Waals surface area contributed by atoms with Crippen LogP contribution in [0.1, 0.15) is 0 Å². The number of para-hydroxylation sites is 3. The van der Waals surface area contributed by atoms with Gasteiger partial charge in [0, 0.05) is 126 Å². The van der Waals surface area contributed by atoms with Gasteiger partial charge in [-0.3, -0.25) is 4.98 Å². The number of fused-ring (bicyclic) bond motifs is 15. The highest BCUT2D eigenvalue weighted by Gasteiger charge is 2.22. The molecule has 25 aromatic rings. The van der Waals surface area contributed by atoms with Gasteiger partial charge in [-0.2, -0.15) is 0 Å². The molecule has 0 aliphatic rings. The zero-order valence-corrected chi connectivity index (χ0v) is 70.4. The Kier molecular flexibility index (Phi) is 20.1. The normalized spacial score (nSPS) is 11.4. The standard InChI is InChI=1S/C43H27N3.C40H26N4.C37H23N3/c1-3-10-29(11-4-1)37-26-24-32-22-23-33-25-27-38(45-43(33)42(32)44-37)30-20-18-28(19-21-30)34-15-9-16-36-40(34)35-14-7-8-17-39(35)46-41(36)31-12-5-2-6-13-31;1-4-14-27(15-5-1)37-34-24-13-23-32(36(34)33-22-10-11-25-35(33)41-37)30-20-12-21-31(26-30)40-43-38(28-16-6-2-7-17-28)42-39(44-40)29-18-8-3-9-19-29;1-2-8-26(9-3-1)35-31-13-6-12-29(34(31)30-11-4-5-14-33(30)40-35)24-15-17-25(18-16-24)32-22-21-28-20-19-27-10-7-23-38-36(27)37(28)39-32/h1-27H;1-26H;1-23H. The average Bonchev–Trinajstić information content (AvgIpc) is 0.717. The lowest BCUT2D eigenvalue weighted by Gasteiger charge is -2.15. The van der Waals surface area contributed by atoms with Gasteiger partial charge in [0.15, 0.2) is 17.5 Å². The molecule has 0 unspecified atom stereocenters. The molecule has 0 bridgehead atoms. The van der Waals surface area contributed by atoms with E-state index in [0.717, 1.165) is 199 Å². The molecule has 17 aromatic carbocycles. The Hall–Kier alpha value is -17.6. The molecular formula is C120H76N10. The van der Waals surface area contributed by atoms with Gasteiger partial charge < -0.3 is 0 Å². The molecule has 10 heteroatoms. The minimum atomic E-state index is 0.635. The molecule has 10 nitrogen and oxygen atoms in total. The van der Waals surface area contributed by atoms with E-state index in [2.05, 4.69) is 357 Å². The van der Waals surface area contributed by atoms with Gasteiger partial charge >= 0.3 is 0 Å². The molecule has 0 N–H and O–H groups in total. The highest BCUT2D eigenvalue weighted by Crippen LogP contribution is 2.45. The lowest BCUT2D eigenvalue weighted by Crippen LogP contribution is -2.00. The van der Waals surface area contributed by atoms with Crippen LogP contribution in [0.2, 0.25) is 0 Å². The van der Waals surface area contributed by atoms with Crippen LogP contribution in [-0.4, -0.2) is 49.8 Å². The van der Waals surface area contributed by atoms with Crippen LogP contribution in [0.15, 0.2) is 461 Å². The van der Waals surface area contributed by atoms with Crippen molar-refractivity contribution in [1.82, 2.24) is 49.8 Å². The summed E-state index contributed by atoms with van der Waals surface area (Å²) in [5.41, 5.74) is 28.8.